The Kier molecular flexibility index (Phi) is 6.12. The fraction of sp³-hybridized carbons (Fsp3) is 0.903. The molecule has 0 bridgehead atoms. The third kappa shape index (κ3) is 3.50. The van der Waals surface area contributed by atoms with Gasteiger partial charge in [0.1, 0.15) is 0 Å². The molecule has 0 saturated heterocycles. The minimum atomic E-state index is 0.183. The number of rotatable bonds is 5. The SMILES string of the molecule is CC(C)CCCC(C)(C)[C@H]1CC[C@@]2(C)C3=CC(=O)[C@@H]4C[C@@H](C)[C@@H](C)C[C@]4(C)C3CC[C@]12C. The van der Waals surface area contributed by atoms with Crippen molar-refractivity contribution in [2.75, 3.05) is 0 Å². The van der Waals surface area contributed by atoms with Crippen molar-refractivity contribution >= 4 is 5.78 Å². The second-order valence-electron chi connectivity index (χ2n) is 14.7. The lowest BCUT2D eigenvalue weighted by molar-refractivity contribution is -0.134. The van der Waals surface area contributed by atoms with E-state index in [2.05, 4.69) is 68.4 Å². The normalized spacial score (nSPS) is 46.5. The van der Waals surface area contributed by atoms with Gasteiger partial charge in [-0.05, 0) is 102 Å². The van der Waals surface area contributed by atoms with Gasteiger partial charge < -0.3 is 0 Å². The van der Waals surface area contributed by atoms with E-state index in [1.54, 1.807) is 5.57 Å². The van der Waals surface area contributed by atoms with Gasteiger partial charge >= 0.3 is 0 Å². The smallest absolute Gasteiger partial charge is 0.159 e. The summed E-state index contributed by atoms with van der Waals surface area (Å²) in [6, 6.07) is 0. The maximum atomic E-state index is 13.6. The Hall–Kier alpha value is -0.590. The summed E-state index contributed by atoms with van der Waals surface area (Å²) < 4.78 is 0. The molecule has 4 aliphatic rings. The first-order valence-electron chi connectivity index (χ1n) is 14.0. The van der Waals surface area contributed by atoms with Crippen LogP contribution in [-0.2, 0) is 4.79 Å². The molecule has 0 radical (unpaired) electrons. The monoisotopic (exact) mass is 440 g/mol. The van der Waals surface area contributed by atoms with Crippen LogP contribution < -0.4 is 0 Å². The number of fused-ring (bicyclic) bond motifs is 5. The molecule has 1 unspecified atom stereocenters. The first-order valence-corrected chi connectivity index (χ1v) is 14.0. The highest BCUT2D eigenvalue weighted by Gasteiger charge is 2.66. The fourth-order valence-electron chi connectivity index (χ4n) is 9.66. The highest BCUT2D eigenvalue weighted by atomic mass is 16.1. The van der Waals surface area contributed by atoms with E-state index >= 15 is 0 Å². The molecule has 0 amide bonds. The van der Waals surface area contributed by atoms with Crippen LogP contribution in [0, 0.1) is 57.2 Å². The van der Waals surface area contributed by atoms with Gasteiger partial charge in [0, 0.05) is 5.92 Å². The summed E-state index contributed by atoms with van der Waals surface area (Å²) in [6.07, 6.45) is 13.9. The first kappa shape index (κ1) is 24.5. The topological polar surface area (TPSA) is 17.1 Å². The molecule has 0 aromatic carbocycles. The Balaban J connectivity index is 1.66. The summed E-state index contributed by atoms with van der Waals surface area (Å²) in [4.78, 5) is 13.6. The molecule has 4 rings (SSSR count). The minimum absolute atomic E-state index is 0.183. The summed E-state index contributed by atoms with van der Waals surface area (Å²) in [7, 11) is 0. The Morgan fingerprint density at radius 2 is 1.72 bits per heavy atom. The minimum Gasteiger partial charge on any atom is -0.295 e. The molecule has 8 atom stereocenters. The van der Waals surface area contributed by atoms with Crippen LogP contribution in [-0.4, -0.2) is 5.78 Å². The maximum absolute atomic E-state index is 13.6. The van der Waals surface area contributed by atoms with Gasteiger partial charge in [0.15, 0.2) is 5.78 Å². The summed E-state index contributed by atoms with van der Waals surface area (Å²) in [5, 5.41) is 0. The quantitative estimate of drug-likeness (QED) is 0.417. The van der Waals surface area contributed by atoms with Crippen LogP contribution in [0.3, 0.4) is 0 Å². The molecular formula is C31H52O. The zero-order valence-electron chi connectivity index (χ0n) is 22.8. The lowest BCUT2D eigenvalue weighted by atomic mass is 9.42. The van der Waals surface area contributed by atoms with E-state index in [1.807, 2.05) is 0 Å². The molecule has 3 saturated carbocycles. The molecule has 0 N–H and O–H groups in total. The van der Waals surface area contributed by atoms with Crippen LogP contribution in [0.15, 0.2) is 11.6 Å². The van der Waals surface area contributed by atoms with Crippen LogP contribution in [0.1, 0.15) is 120 Å². The average Bonchev–Trinajstić information content (AvgIpc) is 2.96. The number of allylic oxidation sites excluding steroid dienone is 2. The van der Waals surface area contributed by atoms with Gasteiger partial charge in [-0.2, -0.15) is 0 Å². The van der Waals surface area contributed by atoms with E-state index < -0.39 is 0 Å². The molecule has 0 aromatic heterocycles. The predicted molar refractivity (Wildman–Crippen MR) is 136 cm³/mol. The van der Waals surface area contributed by atoms with Gasteiger partial charge in [-0.25, -0.2) is 0 Å². The number of carbonyl (C=O) groups excluding carboxylic acids is 1. The van der Waals surface area contributed by atoms with Crippen LogP contribution >= 0.6 is 0 Å². The van der Waals surface area contributed by atoms with Crippen molar-refractivity contribution in [3.05, 3.63) is 11.6 Å². The molecule has 0 heterocycles. The lowest BCUT2D eigenvalue weighted by Crippen LogP contribution is -2.56. The average molecular weight is 441 g/mol. The number of carbonyl (C=O) groups is 1. The van der Waals surface area contributed by atoms with Crippen LogP contribution in [0.2, 0.25) is 0 Å². The summed E-state index contributed by atoms with van der Waals surface area (Å²) >= 11 is 0. The maximum Gasteiger partial charge on any atom is 0.159 e. The third-order valence-electron chi connectivity index (χ3n) is 12.0. The van der Waals surface area contributed by atoms with Crippen molar-refractivity contribution in [1.82, 2.24) is 0 Å². The van der Waals surface area contributed by atoms with Gasteiger partial charge in [-0.3, -0.25) is 4.79 Å². The van der Waals surface area contributed by atoms with Crippen molar-refractivity contribution in [3.63, 3.8) is 0 Å². The highest BCUT2D eigenvalue weighted by Crippen LogP contribution is 2.73. The van der Waals surface area contributed by atoms with Crippen molar-refractivity contribution < 1.29 is 4.79 Å². The molecule has 0 aromatic rings. The molecule has 1 heteroatoms. The van der Waals surface area contributed by atoms with E-state index in [1.165, 1.54) is 51.4 Å². The van der Waals surface area contributed by atoms with Gasteiger partial charge in [0.2, 0.25) is 0 Å². The number of hydrogen-bond acceptors (Lipinski definition) is 1. The zero-order valence-corrected chi connectivity index (χ0v) is 22.8. The van der Waals surface area contributed by atoms with Crippen molar-refractivity contribution in [2.24, 2.45) is 57.2 Å². The van der Waals surface area contributed by atoms with Crippen molar-refractivity contribution in [1.29, 1.82) is 0 Å². The Labute approximate surface area is 199 Å². The summed E-state index contributed by atoms with van der Waals surface area (Å²) in [6.45, 7) is 22.3. The summed E-state index contributed by atoms with van der Waals surface area (Å²) in [5.41, 5.74) is 2.67. The van der Waals surface area contributed by atoms with E-state index in [9.17, 15) is 4.79 Å². The Bertz CT molecular complexity index is 773. The van der Waals surface area contributed by atoms with E-state index in [0.29, 0.717) is 28.4 Å². The van der Waals surface area contributed by atoms with Gasteiger partial charge in [-0.15, -0.1) is 0 Å². The van der Waals surface area contributed by atoms with Crippen LogP contribution in [0.4, 0.5) is 0 Å². The predicted octanol–water partition coefficient (Wildman–Crippen LogP) is 8.87. The molecule has 0 aliphatic heterocycles. The van der Waals surface area contributed by atoms with Crippen molar-refractivity contribution in [2.45, 2.75) is 120 Å². The molecule has 0 spiro atoms. The first-order chi connectivity index (χ1) is 14.8. The number of hydrogen-bond donors (Lipinski definition) is 0. The van der Waals surface area contributed by atoms with Crippen molar-refractivity contribution in [3.8, 4) is 0 Å². The fourth-order valence-corrected chi connectivity index (χ4v) is 9.66. The van der Waals surface area contributed by atoms with Gasteiger partial charge in [-0.1, -0.05) is 80.7 Å². The Morgan fingerprint density at radius 1 is 1.03 bits per heavy atom. The largest absolute Gasteiger partial charge is 0.295 e. The van der Waals surface area contributed by atoms with Gasteiger partial charge in [0.25, 0.3) is 0 Å². The Morgan fingerprint density at radius 3 is 2.38 bits per heavy atom. The van der Waals surface area contributed by atoms with E-state index in [4.69, 9.17) is 0 Å². The van der Waals surface area contributed by atoms with E-state index in [0.717, 1.165) is 24.2 Å². The third-order valence-corrected chi connectivity index (χ3v) is 12.0. The molecule has 3 fully saturated rings. The van der Waals surface area contributed by atoms with Crippen LogP contribution in [0.5, 0.6) is 0 Å². The molecule has 32 heavy (non-hydrogen) atoms. The lowest BCUT2D eigenvalue weighted by Gasteiger charge is -2.62. The standard InChI is InChI=1S/C31H52O/c1-20(2)11-10-14-28(5,6)27-13-16-30(8)24-18-26(32)25-17-21(3)22(4)19-29(25,7)23(24)12-15-31(27,30)9/h18,20-23,25,27H,10-17,19H2,1-9H3/t21-,22+,23?,25+,27-,29-,30+,31-/m1/s1. The number of ketones is 1. The molecule has 4 aliphatic carbocycles. The zero-order chi connectivity index (χ0) is 23.7. The molecule has 1 nitrogen and oxygen atoms in total. The van der Waals surface area contributed by atoms with E-state index in [-0.39, 0.29) is 16.7 Å². The van der Waals surface area contributed by atoms with Gasteiger partial charge in [0.05, 0.1) is 0 Å². The highest BCUT2D eigenvalue weighted by molar-refractivity contribution is 5.94. The summed E-state index contributed by atoms with van der Waals surface area (Å²) in [5.74, 6) is 4.35. The second kappa shape index (κ2) is 7.98. The molecule has 182 valence electrons. The second-order valence-corrected chi connectivity index (χ2v) is 14.7. The molecular weight excluding hydrogens is 388 g/mol. The van der Waals surface area contributed by atoms with Crippen LogP contribution in [0.25, 0.3) is 0 Å².